The molecule has 1 fully saturated rings. The van der Waals surface area contributed by atoms with Crippen LogP contribution in [0.25, 0.3) is 0 Å². The second-order valence-corrected chi connectivity index (χ2v) is 6.75. The molecule has 1 aromatic carbocycles. The van der Waals surface area contributed by atoms with Crippen LogP contribution in [0.5, 0.6) is 0 Å². The molecule has 6 nitrogen and oxygen atoms in total. The molecule has 0 atom stereocenters. The molecular formula is C15H15ClN4O2S. The minimum Gasteiger partial charge on any atom is -0.379 e. The maximum absolute atomic E-state index is 12.7. The van der Waals surface area contributed by atoms with Gasteiger partial charge < -0.3 is 15.5 Å². The highest BCUT2D eigenvalue weighted by molar-refractivity contribution is 7.15. The van der Waals surface area contributed by atoms with E-state index in [0.717, 1.165) is 10.6 Å². The number of nitrogens with zero attached hydrogens (tertiary/aromatic N) is 2. The van der Waals surface area contributed by atoms with Crippen LogP contribution < -0.4 is 10.6 Å². The van der Waals surface area contributed by atoms with Crippen molar-refractivity contribution in [2.45, 2.75) is 6.54 Å². The molecule has 2 amide bonds. The van der Waals surface area contributed by atoms with E-state index < -0.39 is 0 Å². The first-order chi connectivity index (χ1) is 11.1. The Hall–Kier alpha value is -2.12. The lowest BCUT2D eigenvalue weighted by molar-refractivity contribution is -0.123. The number of amides is 2. The third-order valence-corrected chi connectivity index (χ3v) is 4.58. The molecule has 0 unspecified atom stereocenters. The summed E-state index contributed by atoms with van der Waals surface area (Å²) < 4.78 is 0.491. The van der Waals surface area contributed by atoms with Crippen molar-refractivity contribution in [2.75, 3.05) is 25.0 Å². The van der Waals surface area contributed by atoms with Crippen LogP contribution in [0, 0.1) is 0 Å². The van der Waals surface area contributed by atoms with E-state index in [1.54, 1.807) is 17.2 Å². The summed E-state index contributed by atoms with van der Waals surface area (Å²) in [5.74, 6) is -0.278. The molecule has 2 heterocycles. The van der Waals surface area contributed by atoms with Crippen LogP contribution in [-0.4, -0.2) is 41.3 Å². The predicted molar refractivity (Wildman–Crippen MR) is 89.8 cm³/mol. The second kappa shape index (κ2) is 6.97. The average Bonchev–Trinajstić information content (AvgIpc) is 2.98. The molecule has 0 saturated carbocycles. The molecular weight excluding hydrogens is 336 g/mol. The second-order valence-electron chi connectivity index (χ2n) is 5.06. The normalized spacial score (nSPS) is 14.5. The Labute approximate surface area is 142 Å². The molecule has 1 saturated heterocycles. The van der Waals surface area contributed by atoms with E-state index in [4.69, 9.17) is 11.6 Å². The Morgan fingerprint density at radius 1 is 1.43 bits per heavy atom. The zero-order chi connectivity index (χ0) is 16.2. The number of para-hydroxylation sites is 1. The van der Waals surface area contributed by atoms with Gasteiger partial charge in [-0.3, -0.25) is 9.59 Å². The molecule has 2 aromatic rings. The molecule has 2 N–H and O–H groups in total. The van der Waals surface area contributed by atoms with Gasteiger partial charge in [0.25, 0.3) is 5.91 Å². The summed E-state index contributed by atoms with van der Waals surface area (Å²) in [4.78, 5) is 30.7. The van der Waals surface area contributed by atoms with E-state index in [-0.39, 0.29) is 18.4 Å². The van der Waals surface area contributed by atoms with E-state index in [9.17, 15) is 9.59 Å². The fourth-order valence-corrected chi connectivity index (χ4v) is 3.27. The van der Waals surface area contributed by atoms with Crippen LogP contribution in [0.3, 0.4) is 0 Å². The molecule has 0 bridgehead atoms. The first-order valence-corrected chi connectivity index (χ1v) is 8.32. The third-order valence-electron chi connectivity index (χ3n) is 3.46. The summed E-state index contributed by atoms with van der Waals surface area (Å²) >= 11 is 7.21. The molecule has 1 aliphatic heterocycles. The largest absolute Gasteiger partial charge is 0.379 e. The van der Waals surface area contributed by atoms with E-state index in [2.05, 4.69) is 15.6 Å². The van der Waals surface area contributed by atoms with Crippen molar-refractivity contribution >= 4 is 40.4 Å². The molecule has 0 aliphatic carbocycles. The summed E-state index contributed by atoms with van der Waals surface area (Å²) in [5, 5.41) is 5.95. The zero-order valence-corrected chi connectivity index (χ0v) is 13.8. The van der Waals surface area contributed by atoms with Crippen molar-refractivity contribution in [3.05, 3.63) is 45.4 Å². The lowest BCUT2D eigenvalue weighted by atomic mass is 10.1. The highest BCUT2D eigenvalue weighted by Gasteiger charge is 2.23. The van der Waals surface area contributed by atoms with Crippen LogP contribution in [0.1, 0.15) is 15.2 Å². The summed E-state index contributed by atoms with van der Waals surface area (Å²) in [6, 6.07) is 7.28. The van der Waals surface area contributed by atoms with Gasteiger partial charge in [0.05, 0.1) is 18.7 Å². The molecule has 1 aromatic heterocycles. The number of carbonyl (C=O) groups is 2. The van der Waals surface area contributed by atoms with Crippen LogP contribution in [0.4, 0.5) is 5.69 Å². The van der Waals surface area contributed by atoms with Crippen LogP contribution >= 0.6 is 22.9 Å². The molecule has 0 radical (unpaired) electrons. The number of carbonyl (C=O) groups excluding carboxylic acids is 2. The first kappa shape index (κ1) is 15.8. The van der Waals surface area contributed by atoms with Gasteiger partial charge >= 0.3 is 0 Å². The predicted octanol–water partition coefficient (Wildman–Crippen LogP) is 1.98. The van der Waals surface area contributed by atoms with E-state index in [0.29, 0.717) is 29.7 Å². The molecule has 0 spiro atoms. The molecule has 1 aliphatic rings. The number of hydrogen-bond acceptors (Lipinski definition) is 5. The monoisotopic (exact) mass is 350 g/mol. The van der Waals surface area contributed by atoms with Gasteiger partial charge in [0.1, 0.15) is 0 Å². The Bertz CT molecular complexity index is 734. The number of anilines is 1. The first-order valence-electron chi connectivity index (χ1n) is 7.12. The topological polar surface area (TPSA) is 74.3 Å². The van der Waals surface area contributed by atoms with E-state index >= 15 is 0 Å². The maximum atomic E-state index is 12.7. The highest BCUT2D eigenvalue weighted by Crippen LogP contribution is 2.22. The zero-order valence-electron chi connectivity index (χ0n) is 12.2. The smallest absolute Gasteiger partial charge is 0.256 e. The van der Waals surface area contributed by atoms with Gasteiger partial charge in [-0.25, -0.2) is 4.98 Å². The number of piperazine rings is 1. The van der Waals surface area contributed by atoms with Crippen molar-refractivity contribution in [1.29, 1.82) is 0 Å². The van der Waals surface area contributed by atoms with Gasteiger partial charge in [0.15, 0.2) is 4.47 Å². The van der Waals surface area contributed by atoms with Crippen molar-refractivity contribution in [3.63, 3.8) is 0 Å². The molecule has 8 heteroatoms. The van der Waals surface area contributed by atoms with Crippen LogP contribution in [0.15, 0.2) is 30.5 Å². The summed E-state index contributed by atoms with van der Waals surface area (Å²) in [5.41, 5.74) is 1.28. The van der Waals surface area contributed by atoms with E-state index in [1.807, 2.05) is 18.2 Å². The Morgan fingerprint density at radius 3 is 3.00 bits per heavy atom. The van der Waals surface area contributed by atoms with E-state index in [1.165, 1.54) is 11.3 Å². The summed E-state index contributed by atoms with van der Waals surface area (Å²) in [6.07, 6.45) is 1.71. The molecule has 3 rings (SSSR count). The van der Waals surface area contributed by atoms with Crippen molar-refractivity contribution in [2.24, 2.45) is 0 Å². The van der Waals surface area contributed by atoms with Gasteiger partial charge in [-0.1, -0.05) is 23.7 Å². The average molecular weight is 351 g/mol. The van der Waals surface area contributed by atoms with Crippen LogP contribution in [-0.2, 0) is 11.3 Å². The minimum atomic E-state index is -0.148. The Balaban J connectivity index is 1.74. The summed E-state index contributed by atoms with van der Waals surface area (Å²) in [7, 11) is 0. The fourth-order valence-electron chi connectivity index (χ4n) is 2.35. The quantitative estimate of drug-likeness (QED) is 0.884. The summed E-state index contributed by atoms with van der Waals surface area (Å²) in [6.45, 7) is 1.63. The highest BCUT2D eigenvalue weighted by atomic mass is 35.5. The lowest BCUT2D eigenvalue weighted by Gasteiger charge is -2.27. The van der Waals surface area contributed by atoms with Gasteiger partial charge in [-0.05, 0) is 12.1 Å². The van der Waals surface area contributed by atoms with Crippen LogP contribution in [0.2, 0.25) is 4.47 Å². The van der Waals surface area contributed by atoms with Gasteiger partial charge in [0, 0.05) is 29.9 Å². The number of nitrogens with one attached hydrogen (secondary N) is 2. The number of halogens is 1. The van der Waals surface area contributed by atoms with Crippen molar-refractivity contribution in [3.8, 4) is 0 Å². The van der Waals surface area contributed by atoms with Gasteiger partial charge in [-0.2, -0.15) is 0 Å². The number of thiazole rings is 1. The van der Waals surface area contributed by atoms with Gasteiger partial charge in [0.2, 0.25) is 5.91 Å². The number of benzene rings is 1. The fraction of sp³-hybridized carbons (Fsp3) is 0.267. The third kappa shape index (κ3) is 3.80. The molecule has 120 valence electrons. The number of rotatable bonds is 4. The molecule has 23 heavy (non-hydrogen) atoms. The maximum Gasteiger partial charge on any atom is 0.256 e. The van der Waals surface area contributed by atoms with Gasteiger partial charge in [-0.15, -0.1) is 11.3 Å². The Morgan fingerprint density at radius 2 is 2.26 bits per heavy atom. The Kier molecular flexibility index (Phi) is 4.78. The van der Waals surface area contributed by atoms with Crippen molar-refractivity contribution < 1.29 is 9.59 Å². The SMILES string of the molecule is O=C1CN(C(=O)c2ccccc2NCc2cnc(Cl)s2)CCN1. The number of hydrogen-bond donors (Lipinski definition) is 2. The minimum absolute atomic E-state index is 0.0949. The standard InChI is InChI=1S/C15H15ClN4O2S/c16-15-19-8-10(23-15)7-18-12-4-2-1-3-11(12)14(22)20-6-5-17-13(21)9-20/h1-4,8,18H,5-7,9H2,(H,17,21). The lowest BCUT2D eigenvalue weighted by Crippen LogP contribution is -2.50. The number of aromatic nitrogens is 1. The van der Waals surface area contributed by atoms with Crippen molar-refractivity contribution in [1.82, 2.24) is 15.2 Å².